The largest absolute Gasteiger partial charge is 0.413 e. The zero-order valence-electron chi connectivity index (χ0n) is 6.99. The van der Waals surface area contributed by atoms with Crippen molar-refractivity contribution in [2.45, 2.75) is 6.04 Å². The predicted octanol–water partition coefficient (Wildman–Crippen LogP) is 1.98. The van der Waals surface area contributed by atoms with Crippen LogP contribution in [-0.4, -0.2) is 6.09 Å². The van der Waals surface area contributed by atoms with Crippen molar-refractivity contribution in [2.24, 2.45) is 0 Å². The first kappa shape index (κ1) is 7.86. The molecular formula is C10H9NO2. The molecule has 0 aliphatic carbocycles. The molecule has 0 radical (unpaired) electrons. The summed E-state index contributed by atoms with van der Waals surface area (Å²) in [6.07, 6.45) is -0.432. The molecule has 1 unspecified atom stereocenters. The fourth-order valence-electron chi connectivity index (χ4n) is 1.32. The lowest BCUT2D eigenvalue weighted by Crippen LogP contribution is -2.17. The molecule has 1 aliphatic rings. The summed E-state index contributed by atoms with van der Waals surface area (Å²) in [5.41, 5.74) is 0.985. The zero-order valence-corrected chi connectivity index (χ0v) is 6.99. The molecule has 2 rings (SSSR count). The maximum Gasteiger partial charge on any atom is 0.413 e. The molecule has 13 heavy (non-hydrogen) atoms. The van der Waals surface area contributed by atoms with E-state index in [0.29, 0.717) is 5.76 Å². The standard InChI is InChI=1S/C10H9NO2/c1-7-9(11-10(12)13-7)8-5-3-2-4-6-8/h2-6,9H,1H2,(H,11,12). The number of cyclic esters (lactones) is 1. The van der Waals surface area contributed by atoms with Gasteiger partial charge >= 0.3 is 6.09 Å². The maximum absolute atomic E-state index is 10.8. The fraction of sp³-hybridized carbons (Fsp3) is 0.100. The van der Waals surface area contributed by atoms with Crippen molar-refractivity contribution in [3.05, 3.63) is 48.2 Å². The highest BCUT2D eigenvalue weighted by molar-refractivity contribution is 5.73. The monoisotopic (exact) mass is 175 g/mol. The number of hydrogen-bond acceptors (Lipinski definition) is 2. The highest BCUT2D eigenvalue weighted by Gasteiger charge is 2.27. The van der Waals surface area contributed by atoms with Crippen molar-refractivity contribution in [3.8, 4) is 0 Å². The van der Waals surface area contributed by atoms with Gasteiger partial charge in [0.2, 0.25) is 0 Å². The van der Waals surface area contributed by atoms with Crippen LogP contribution < -0.4 is 5.32 Å². The normalized spacial score (nSPS) is 21.1. The lowest BCUT2D eigenvalue weighted by Gasteiger charge is -2.07. The summed E-state index contributed by atoms with van der Waals surface area (Å²) in [7, 11) is 0. The second-order valence-corrected chi connectivity index (χ2v) is 2.84. The first-order valence-electron chi connectivity index (χ1n) is 3.99. The molecule has 1 aromatic carbocycles. The van der Waals surface area contributed by atoms with Gasteiger partial charge < -0.3 is 10.1 Å². The van der Waals surface area contributed by atoms with Crippen molar-refractivity contribution in [1.82, 2.24) is 5.32 Å². The van der Waals surface area contributed by atoms with Gasteiger partial charge in [0.1, 0.15) is 11.8 Å². The number of ether oxygens (including phenoxy) is 1. The first-order valence-corrected chi connectivity index (χ1v) is 3.99. The average molecular weight is 175 g/mol. The Morgan fingerprint density at radius 1 is 1.31 bits per heavy atom. The van der Waals surface area contributed by atoms with Crippen molar-refractivity contribution in [3.63, 3.8) is 0 Å². The van der Waals surface area contributed by atoms with E-state index in [-0.39, 0.29) is 6.04 Å². The quantitative estimate of drug-likeness (QED) is 0.708. The minimum Gasteiger partial charge on any atom is -0.413 e. The van der Waals surface area contributed by atoms with E-state index in [4.69, 9.17) is 4.74 Å². The molecule has 1 aliphatic heterocycles. The minimum atomic E-state index is -0.432. The van der Waals surface area contributed by atoms with Gasteiger partial charge in [0.05, 0.1) is 0 Å². The molecule has 1 heterocycles. The van der Waals surface area contributed by atoms with Crippen LogP contribution in [0.3, 0.4) is 0 Å². The Labute approximate surface area is 76.0 Å². The molecule has 0 spiro atoms. The smallest absolute Gasteiger partial charge is 0.413 e. The Morgan fingerprint density at radius 2 is 2.00 bits per heavy atom. The molecule has 1 N–H and O–H groups in total. The summed E-state index contributed by atoms with van der Waals surface area (Å²) in [6.45, 7) is 3.66. The molecule has 1 atom stereocenters. The van der Waals surface area contributed by atoms with Crippen LogP contribution in [0.25, 0.3) is 0 Å². The SMILES string of the molecule is C=C1OC(=O)NC1c1ccccc1. The Balaban J connectivity index is 2.28. The average Bonchev–Trinajstić information content (AvgIpc) is 2.47. The van der Waals surface area contributed by atoms with E-state index in [1.807, 2.05) is 30.3 Å². The molecule has 3 nitrogen and oxygen atoms in total. The van der Waals surface area contributed by atoms with E-state index in [1.165, 1.54) is 0 Å². The number of alkyl carbamates (subject to hydrolysis) is 1. The van der Waals surface area contributed by atoms with Crippen LogP contribution in [0, 0.1) is 0 Å². The number of benzene rings is 1. The van der Waals surface area contributed by atoms with Crippen LogP contribution in [0.2, 0.25) is 0 Å². The lowest BCUT2D eigenvalue weighted by molar-refractivity contribution is 0.195. The molecule has 1 aromatic rings. The Hall–Kier alpha value is -1.77. The zero-order chi connectivity index (χ0) is 9.26. The number of nitrogens with one attached hydrogen (secondary N) is 1. The Kier molecular flexibility index (Phi) is 1.77. The Morgan fingerprint density at radius 3 is 2.54 bits per heavy atom. The molecule has 0 aromatic heterocycles. The van der Waals surface area contributed by atoms with Crippen LogP contribution >= 0.6 is 0 Å². The van der Waals surface area contributed by atoms with E-state index in [0.717, 1.165) is 5.56 Å². The third-order valence-electron chi connectivity index (χ3n) is 1.94. The van der Waals surface area contributed by atoms with Gasteiger partial charge in [-0.25, -0.2) is 4.79 Å². The molecule has 66 valence electrons. The van der Waals surface area contributed by atoms with Gasteiger partial charge in [0.25, 0.3) is 0 Å². The number of amides is 1. The van der Waals surface area contributed by atoms with Gasteiger partial charge in [0, 0.05) is 0 Å². The van der Waals surface area contributed by atoms with Gasteiger partial charge in [-0.05, 0) is 5.56 Å². The summed E-state index contributed by atoms with van der Waals surface area (Å²) < 4.78 is 4.78. The van der Waals surface area contributed by atoms with E-state index >= 15 is 0 Å². The van der Waals surface area contributed by atoms with Crippen LogP contribution in [0.4, 0.5) is 4.79 Å². The van der Waals surface area contributed by atoms with Gasteiger partial charge in [-0.2, -0.15) is 0 Å². The highest BCUT2D eigenvalue weighted by Crippen LogP contribution is 2.25. The number of rotatable bonds is 1. The highest BCUT2D eigenvalue weighted by atomic mass is 16.6. The molecule has 3 heteroatoms. The van der Waals surface area contributed by atoms with Gasteiger partial charge in [-0.1, -0.05) is 36.9 Å². The van der Waals surface area contributed by atoms with Crippen LogP contribution in [-0.2, 0) is 4.74 Å². The van der Waals surface area contributed by atoms with Crippen LogP contribution in [0.5, 0.6) is 0 Å². The van der Waals surface area contributed by atoms with Crippen LogP contribution in [0.15, 0.2) is 42.7 Å². The van der Waals surface area contributed by atoms with Gasteiger partial charge in [0.15, 0.2) is 0 Å². The van der Waals surface area contributed by atoms with Crippen molar-refractivity contribution in [2.75, 3.05) is 0 Å². The minimum absolute atomic E-state index is 0.200. The summed E-state index contributed by atoms with van der Waals surface area (Å²) in [5.74, 6) is 0.455. The fourth-order valence-corrected chi connectivity index (χ4v) is 1.32. The number of carbonyl (C=O) groups excluding carboxylic acids is 1. The van der Waals surface area contributed by atoms with Crippen molar-refractivity contribution >= 4 is 6.09 Å². The first-order chi connectivity index (χ1) is 6.27. The topological polar surface area (TPSA) is 38.3 Å². The lowest BCUT2D eigenvalue weighted by atomic mass is 10.1. The molecular weight excluding hydrogens is 166 g/mol. The van der Waals surface area contributed by atoms with Crippen molar-refractivity contribution in [1.29, 1.82) is 0 Å². The third-order valence-corrected chi connectivity index (χ3v) is 1.94. The second-order valence-electron chi connectivity index (χ2n) is 2.84. The molecule has 1 amide bonds. The van der Waals surface area contributed by atoms with E-state index in [1.54, 1.807) is 0 Å². The molecule has 1 fully saturated rings. The molecule has 0 bridgehead atoms. The van der Waals surface area contributed by atoms with Crippen molar-refractivity contribution < 1.29 is 9.53 Å². The Bertz CT molecular complexity index is 345. The van der Waals surface area contributed by atoms with E-state index in [9.17, 15) is 4.79 Å². The second kappa shape index (κ2) is 2.94. The summed E-state index contributed by atoms with van der Waals surface area (Å²) in [4.78, 5) is 10.8. The van der Waals surface area contributed by atoms with E-state index in [2.05, 4.69) is 11.9 Å². The van der Waals surface area contributed by atoms with Crippen LogP contribution in [0.1, 0.15) is 11.6 Å². The third kappa shape index (κ3) is 1.40. The summed E-state index contributed by atoms with van der Waals surface area (Å²) in [5, 5.41) is 2.66. The van der Waals surface area contributed by atoms with Gasteiger partial charge in [-0.3, -0.25) is 0 Å². The summed E-state index contributed by atoms with van der Waals surface area (Å²) >= 11 is 0. The number of carbonyl (C=O) groups is 1. The molecule has 1 saturated heterocycles. The maximum atomic E-state index is 10.8. The van der Waals surface area contributed by atoms with Gasteiger partial charge in [-0.15, -0.1) is 0 Å². The molecule has 0 saturated carbocycles. The predicted molar refractivity (Wildman–Crippen MR) is 47.9 cm³/mol. The summed E-state index contributed by atoms with van der Waals surface area (Å²) in [6, 6.07) is 9.38. The number of hydrogen-bond donors (Lipinski definition) is 1. The van der Waals surface area contributed by atoms with E-state index < -0.39 is 6.09 Å².